The summed E-state index contributed by atoms with van der Waals surface area (Å²) < 4.78 is 58.5. The molecular formula is C26H27F3N2O7. The minimum atomic E-state index is -3.83. The molecule has 9 nitrogen and oxygen atoms in total. The summed E-state index contributed by atoms with van der Waals surface area (Å²) in [7, 11) is 0. The summed E-state index contributed by atoms with van der Waals surface area (Å²) in [5, 5.41) is 32.4. The maximum atomic E-state index is 15.3. The van der Waals surface area contributed by atoms with E-state index in [0.717, 1.165) is 0 Å². The number of halogens is 3. The molecule has 0 fully saturated rings. The number of fused-ring (bicyclic) bond motifs is 3. The van der Waals surface area contributed by atoms with Crippen LogP contribution in [-0.4, -0.2) is 58.0 Å². The third kappa shape index (κ3) is 4.22. The minimum absolute atomic E-state index is 0.0365. The van der Waals surface area contributed by atoms with Gasteiger partial charge in [0, 0.05) is 34.2 Å². The lowest BCUT2D eigenvalue weighted by Gasteiger charge is -2.25. The zero-order valence-corrected chi connectivity index (χ0v) is 20.8. The van der Waals surface area contributed by atoms with Crippen molar-refractivity contribution in [3.63, 3.8) is 0 Å². The molecule has 0 bridgehead atoms. The first-order chi connectivity index (χ1) is 17.8. The van der Waals surface area contributed by atoms with E-state index in [-0.39, 0.29) is 48.3 Å². The Hall–Kier alpha value is -3.48. The summed E-state index contributed by atoms with van der Waals surface area (Å²) in [6.07, 6.45) is -4.94. The Morgan fingerprint density at radius 3 is 2.47 bits per heavy atom. The lowest BCUT2D eigenvalue weighted by molar-refractivity contribution is -0.286. The molecule has 38 heavy (non-hydrogen) atoms. The summed E-state index contributed by atoms with van der Waals surface area (Å²) in [6, 6.07) is 6.84. The molecule has 0 spiro atoms. The Kier molecular flexibility index (Phi) is 6.04. The van der Waals surface area contributed by atoms with Gasteiger partial charge >= 0.3 is 6.29 Å². The summed E-state index contributed by atoms with van der Waals surface area (Å²) in [4.78, 5) is 13.4. The average molecular weight is 537 g/mol. The summed E-state index contributed by atoms with van der Waals surface area (Å²) in [6.45, 7) is 4.21. The molecular weight excluding hydrogens is 509 g/mol. The van der Waals surface area contributed by atoms with E-state index in [1.165, 1.54) is 24.3 Å². The third-order valence-corrected chi connectivity index (χ3v) is 7.05. The molecule has 3 aromatic rings. The number of nitrogens with one attached hydrogen (secondary N) is 1. The molecule has 2 aliphatic heterocycles. The normalized spacial score (nSPS) is 20.3. The summed E-state index contributed by atoms with van der Waals surface area (Å²) >= 11 is 0. The number of nitrogens with zero attached hydrogens (tertiary/aromatic N) is 1. The van der Waals surface area contributed by atoms with Gasteiger partial charge in [0.05, 0.1) is 37.1 Å². The van der Waals surface area contributed by atoms with Crippen LogP contribution in [0.4, 0.5) is 18.9 Å². The van der Waals surface area contributed by atoms with Gasteiger partial charge in [0.1, 0.15) is 23.6 Å². The van der Waals surface area contributed by atoms with E-state index in [0.29, 0.717) is 16.6 Å². The topological polar surface area (TPSA) is 122 Å². The first-order valence-electron chi connectivity index (χ1n) is 11.9. The molecule has 2 aromatic carbocycles. The van der Waals surface area contributed by atoms with E-state index in [1.807, 2.05) is 0 Å². The number of anilines is 1. The number of amides is 1. The fraction of sp³-hybridized carbons (Fsp3) is 0.423. The van der Waals surface area contributed by atoms with Crippen molar-refractivity contribution in [2.45, 2.75) is 50.5 Å². The van der Waals surface area contributed by atoms with Crippen molar-refractivity contribution in [3.05, 3.63) is 47.4 Å². The summed E-state index contributed by atoms with van der Waals surface area (Å²) in [5.41, 5.74) is -0.948. The number of hydrogen-bond acceptors (Lipinski definition) is 7. The third-order valence-electron chi connectivity index (χ3n) is 7.05. The van der Waals surface area contributed by atoms with Crippen LogP contribution >= 0.6 is 0 Å². The van der Waals surface area contributed by atoms with Crippen LogP contribution in [0, 0.1) is 5.82 Å². The number of rotatable bonds is 7. The summed E-state index contributed by atoms with van der Waals surface area (Å²) in [5.74, 6) is -1.67. The molecule has 1 unspecified atom stereocenters. The molecule has 0 saturated carbocycles. The van der Waals surface area contributed by atoms with Crippen LogP contribution in [-0.2, 0) is 22.2 Å². The lowest BCUT2D eigenvalue weighted by Crippen LogP contribution is -2.39. The van der Waals surface area contributed by atoms with Crippen molar-refractivity contribution in [1.29, 1.82) is 0 Å². The van der Waals surface area contributed by atoms with Gasteiger partial charge in [-0.2, -0.15) is 0 Å². The van der Waals surface area contributed by atoms with Gasteiger partial charge in [0.25, 0.3) is 0 Å². The predicted molar refractivity (Wildman–Crippen MR) is 129 cm³/mol. The molecule has 5 rings (SSSR count). The Labute approximate surface area is 215 Å². The highest BCUT2D eigenvalue weighted by Gasteiger charge is 2.49. The first kappa shape index (κ1) is 26.1. The molecule has 2 atom stereocenters. The van der Waals surface area contributed by atoms with Gasteiger partial charge in [0.15, 0.2) is 11.5 Å². The Morgan fingerprint density at radius 1 is 1.13 bits per heavy atom. The van der Waals surface area contributed by atoms with Crippen molar-refractivity contribution in [3.8, 4) is 17.2 Å². The Balaban J connectivity index is 1.49. The number of aromatic nitrogens is 1. The van der Waals surface area contributed by atoms with Crippen molar-refractivity contribution >= 4 is 22.5 Å². The van der Waals surface area contributed by atoms with Crippen LogP contribution in [0.2, 0.25) is 0 Å². The van der Waals surface area contributed by atoms with E-state index in [2.05, 4.69) is 14.8 Å². The molecule has 1 amide bonds. The maximum absolute atomic E-state index is 15.3. The van der Waals surface area contributed by atoms with E-state index in [4.69, 9.17) is 4.74 Å². The van der Waals surface area contributed by atoms with Crippen molar-refractivity contribution in [1.82, 2.24) is 4.57 Å². The smallest absolute Gasteiger partial charge is 0.492 e. The second-order valence-electron chi connectivity index (χ2n) is 10.4. The number of ether oxygens (including phenoxy) is 3. The standard InChI is InChI=1S/C26H27F3N2O7/c1-24(2,11-33)22-5-13-4-17(16(27)7-18(13)31(22)9-14(34)10-32)30-23(35)25(3)12-36-19-8-21-20(6-15(19)25)37-26(28,29)38-21/h4-8,14,32-34H,9-12H2,1-3H3,(H,30,35)/t14-,25?/m1/s1. The van der Waals surface area contributed by atoms with Crippen LogP contribution in [0.5, 0.6) is 17.2 Å². The first-order valence-corrected chi connectivity index (χ1v) is 11.9. The zero-order chi connectivity index (χ0) is 27.6. The van der Waals surface area contributed by atoms with Crippen molar-refractivity contribution in [2.24, 2.45) is 0 Å². The van der Waals surface area contributed by atoms with Gasteiger partial charge in [-0.1, -0.05) is 13.8 Å². The number of carbonyl (C=O) groups excluding carboxylic acids is 1. The van der Waals surface area contributed by atoms with Crippen LogP contribution in [0.3, 0.4) is 0 Å². The lowest BCUT2D eigenvalue weighted by atomic mass is 9.83. The minimum Gasteiger partial charge on any atom is -0.492 e. The van der Waals surface area contributed by atoms with Crippen LogP contribution < -0.4 is 19.5 Å². The van der Waals surface area contributed by atoms with Gasteiger partial charge < -0.3 is 39.4 Å². The van der Waals surface area contributed by atoms with E-state index in [1.54, 1.807) is 31.4 Å². The molecule has 0 aliphatic carbocycles. The molecule has 4 N–H and O–H groups in total. The highest BCUT2D eigenvalue weighted by Crippen LogP contribution is 2.50. The van der Waals surface area contributed by atoms with E-state index < -0.39 is 41.6 Å². The SMILES string of the molecule is CC(C)(CO)c1cc2cc(NC(=O)C3(C)COc4cc5c(cc43)OC(F)(F)O5)c(F)cc2n1C[C@@H](O)CO. The fourth-order valence-corrected chi connectivity index (χ4v) is 4.76. The highest BCUT2D eigenvalue weighted by molar-refractivity contribution is 6.01. The Morgan fingerprint density at radius 2 is 1.82 bits per heavy atom. The number of aliphatic hydroxyl groups excluding tert-OH is 3. The second kappa shape index (κ2) is 8.79. The Bertz CT molecular complexity index is 1440. The molecule has 0 saturated heterocycles. The average Bonchev–Trinajstić information content (AvgIpc) is 3.48. The molecule has 204 valence electrons. The van der Waals surface area contributed by atoms with E-state index in [9.17, 15) is 28.9 Å². The van der Waals surface area contributed by atoms with Crippen molar-refractivity contribution in [2.75, 3.05) is 25.1 Å². The maximum Gasteiger partial charge on any atom is 0.586 e. The number of alkyl halides is 2. The fourth-order valence-electron chi connectivity index (χ4n) is 4.76. The second-order valence-corrected chi connectivity index (χ2v) is 10.4. The molecule has 12 heteroatoms. The van der Waals surface area contributed by atoms with Crippen LogP contribution in [0.15, 0.2) is 30.3 Å². The number of carbonyl (C=O) groups is 1. The van der Waals surface area contributed by atoms with Crippen LogP contribution in [0.25, 0.3) is 10.9 Å². The number of aliphatic hydroxyl groups is 3. The van der Waals surface area contributed by atoms with Crippen LogP contribution in [0.1, 0.15) is 32.0 Å². The van der Waals surface area contributed by atoms with Gasteiger partial charge in [-0.05, 0) is 25.1 Å². The number of hydrogen-bond donors (Lipinski definition) is 4. The zero-order valence-electron chi connectivity index (χ0n) is 20.8. The van der Waals surface area contributed by atoms with Crippen molar-refractivity contribution < 1.29 is 47.5 Å². The van der Waals surface area contributed by atoms with Gasteiger partial charge in [-0.15, -0.1) is 8.78 Å². The molecule has 2 aliphatic rings. The monoisotopic (exact) mass is 536 g/mol. The predicted octanol–water partition coefficient (Wildman–Crippen LogP) is 3.01. The van der Waals surface area contributed by atoms with Gasteiger partial charge in [-0.25, -0.2) is 4.39 Å². The number of benzene rings is 2. The largest absolute Gasteiger partial charge is 0.586 e. The molecule has 0 radical (unpaired) electrons. The highest BCUT2D eigenvalue weighted by atomic mass is 19.3. The quantitative estimate of drug-likeness (QED) is 0.366. The molecule has 3 heterocycles. The molecule has 1 aromatic heterocycles. The van der Waals surface area contributed by atoms with Gasteiger partial charge in [-0.3, -0.25) is 4.79 Å². The van der Waals surface area contributed by atoms with Gasteiger partial charge in [0.2, 0.25) is 5.91 Å². The van der Waals surface area contributed by atoms with E-state index >= 15 is 4.39 Å².